The van der Waals surface area contributed by atoms with Crippen molar-refractivity contribution in [3.8, 4) is 11.8 Å². The molecule has 0 unspecified atom stereocenters. The quantitative estimate of drug-likeness (QED) is 0.915. The van der Waals surface area contributed by atoms with Crippen LogP contribution in [0.15, 0.2) is 46.9 Å². The molecule has 0 bridgehead atoms. The Labute approximate surface area is 129 Å². The Kier molecular flexibility index (Phi) is 4.90. The van der Waals surface area contributed by atoms with E-state index in [4.69, 9.17) is 10.00 Å². The van der Waals surface area contributed by atoms with E-state index in [1.807, 2.05) is 6.07 Å². The minimum atomic E-state index is -0.419. The zero-order valence-electron chi connectivity index (χ0n) is 10.8. The summed E-state index contributed by atoms with van der Waals surface area (Å²) < 4.78 is 18.5. The van der Waals surface area contributed by atoms with Crippen LogP contribution in [0.5, 0.6) is 5.75 Å². The third-order valence-corrected chi connectivity index (χ3v) is 3.25. The molecule has 0 saturated carbocycles. The Bertz CT molecular complexity index is 696. The van der Waals surface area contributed by atoms with Crippen molar-refractivity contribution in [2.75, 3.05) is 11.9 Å². The Balaban J connectivity index is 2.07. The van der Waals surface area contributed by atoms with Crippen molar-refractivity contribution < 1.29 is 13.9 Å². The van der Waals surface area contributed by atoms with Crippen LogP contribution >= 0.6 is 15.9 Å². The summed E-state index contributed by atoms with van der Waals surface area (Å²) in [6.07, 6.45) is 0. The molecule has 4 nitrogen and oxygen atoms in total. The first-order valence-electron chi connectivity index (χ1n) is 5.96. The Morgan fingerprint density at radius 2 is 2.00 bits per heavy atom. The number of nitriles is 1. The molecule has 106 valence electrons. The number of amides is 1. The van der Waals surface area contributed by atoms with Gasteiger partial charge < -0.3 is 10.1 Å². The van der Waals surface area contributed by atoms with E-state index in [1.54, 1.807) is 24.3 Å². The van der Waals surface area contributed by atoms with Crippen LogP contribution in [0.25, 0.3) is 0 Å². The number of nitrogens with zero attached hydrogens (tertiary/aromatic N) is 1. The van der Waals surface area contributed by atoms with Crippen molar-refractivity contribution in [3.63, 3.8) is 0 Å². The van der Waals surface area contributed by atoms with Gasteiger partial charge >= 0.3 is 0 Å². The monoisotopic (exact) mass is 348 g/mol. The molecule has 2 aromatic rings. The first-order chi connectivity index (χ1) is 10.1. The van der Waals surface area contributed by atoms with Crippen molar-refractivity contribution >= 4 is 27.5 Å². The lowest BCUT2D eigenvalue weighted by Crippen LogP contribution is -2.12. The lowest BCUT2D eigenvalue weighted by Gasteiger charge is -2.08. The van der Waals surface area contributed by atoms with E-state index in [2.05, 4.69) is 21.2 Å². The molecular formula is C15H10BrFN2O2. The predicted octanol–water partition coefficient (Wildman–Crippen LogP) is 3.74. The molecule has 0 aliphatic heterocycles. The number of carbonyl (C=O) groups excluding carboxylic acids is 1. The number of benzene rings is 2. The molecule has 2 rings (SSSR count). The van der Waals surface area contributed by atoms with Crippen LogP contribution in [0.2, 0.25) is 0 Å². The Morgan fingerprint density at radius 1 is 1.29 bits per heavy atom. The molecule has 21 heavy (non-hydrogen) atoms. The maximum Gasteiger partial charge on any atom is 0.256 e. The van der Waals surface area contributed by atoms with Gasteiger partial charge in [0.25, 0.3) is 5.91 Å². The molecule has 0 aliphatic rings. The molecule has 0 atom stereocenters. The molecule has 6 heteroatoms. The highest BCUT2D eigenvalue weighted by atomic mass is 79.9. The van der Waals surface area contributed by atoms with Gasteiger partial charge in [-0.05, 0) is 58.4 Å². The average Bonchev–Trinajstić information content (AvgIpc) is 2.46. The van der Waals surface area contributed by atoms with Gasteiger partial charge in [-0.25, -0.2) is 4.39 Å². The highest BCUT2D eigenvalue weighted by Gasteiger charge is 2.11. The standard InChI is InChI=1S/C15H10BrFN2O2/c16-14-9-10(17)1-6-13(14)15(20)19-11-2-4-12(5-3-11)21-8-7-18/h1-6,9H,8H2,(H,19,20). The second-order valence-corrected chi connectivity index (χ2v) is 4.90. The predicted molar refractivity (Wildman–Crippen MR) is 79.6 cm³/mol. The summed E-state index contributed by atoms with van der Waals surface area (Å²) in [5, 5.41) is 11.1. The lowest BCUT2D eigenvalue weighted by molar-refractivity contribution is 0.102. The summed E-state index contributed by atoms with van der Waals surface area (Å²) in [4.78, 5) is 12.1. The van der Waals surface area contributed by atoms with E-state index in [0.717, 1.165) is 0 Å². The molecule has 0 saturated heterocycles. The molecule has 0 aromatic heterocycles. The number of halogens is 2. The second kappa shape index (κ2) is 6.86. The summed E-state index contributed by atoms with van der Waals surface area (Å²) in [5.41, 5.74) is 0.904. The third kappa shape index (κ3) is 4.04. The minimum absolute atomic E-state index is 0.0335. The van der Waals surface area contributed by atoms with E-state index in [9.17, 15) is 9.18 Å². The van der Waals surface area contributed by atoms with Crippen LogP contribution in [0, 0.1) is 17.1 Å². The second-order valence-electron chi connectivity index (χ2n) is 4.05. The number of rotatable bonds is 4. The van der Waals surface area contributed by atoms with E-state index in [1.165, 1.54) is 18.2 Å². The Morgan fingerprint density at radius 3 is 2.62 bits per heavy atom. The van der Waals surface area contributed by atoms with Gasteiger partial charge in [0.15, 0.2) is 6.61 Å². The fraction of sp³-hybridized carbons (Fsp3) is 0.0667. The van der Waals surface area contributed by atoms with Gasteiger partial charge in [0, 0.05) is 10.2 Å². The highest BCUT2D eigenvalue weighted by Crippen LogP contribution is 2.21. The molecule has 0 aliphatic carbocycles. The van der Waals surface area contributed by atoms with E-state index >= 15 is 0 Å². The first kappa shape index (κ1) is 15.0. The van der Waals surface area contributed by atoms with Crippen molar-refractivity contribution in [2.24, 2.45) is 0 Å². The molecule has 1 N–H and O–H groups in total. The van der Waals surface area contributed by atoms with Gasteiger partial charge in [-0.2, -0.15) is 5.26 Å². The van der Waals surface area contributed by atoms with E-state index in [0.29, 0.717) is 21.5 Å². The van der Waals surface area contributed by atoms with Gasteiger partial charge in [0.2, 0.25) is 0 Å². The van der Waals surface area contributed by atoms with Crippen LogP contribution < -0.4 is 10.1 Å². The van der Waals surface area contributed by atoms with Crippen LogP contribution in [-0.4, -0.2) is 12.5 Å². The maximum absolute atomic E-state index is 13.0. The molecule has 0 radical (unpaired) electrons. The van der Waals surface area contributed by atoms with Gasteiger partial charge in [-0.15, -0.1) is 0 Å². The van der Waals surface area contributed by atoms with Gasteiger partial charge in [0.1, 0.15) is 17.6 Å². The zero-order chi connectivity index (χ0) is 15.2. The largest absolute Gasteiger partial charge is 0.479 e. The van der Waals surface area contributed by atoms with Crippen LogP contribution in [-0.2, 0) is 0 Å². The van der Waals surface area contributed by atoms with Crippen molar-refractivity contribution in [1.29, 1.82) is 5.26 Å². The van der Waals surface area contributed by atoms with E-state index < -0.39 is 5.82 Å². The van der Waals surface area contributed by atoms with Crippen molar-refractivity contribution in [3.05, 3.63) is 58.3 Å². The minimum Gasteiger partial charge on any atom is -0.479 e. The first-order valence-corrected chi connectivity index (χ1v) is 6.75. The molecule has 2 aromatic carbocycles. The molecule has 0 fully saturated rings. The SMILES string of the molecule is N#CCOc1ccc(NC(=O)c2ccc(F)cc2Br)cc1. The summed E-state index contributed by atoms with van der Waals surface area (Å²) >= 11 is 3.15. The van der Waals surface area contributed by atoms with E-state index in [-0.39, 0.29) is 12.5 Å². The fourth-order valence-electron chi connectivity index (χ4n) is 1.62. The van der Waals surface area contributed by atoms with Gasteiger partial charge in [-0.1, -0.05) is 0 Å². The fourth-order valence-corrected chi connectivity index (χ4v) is 2.15. The summed E-state index contributed by atoms with van der Waals surface area (Å²) in [6, 6.07) is 12.3. The average molecular weight is 349 g/mol. The molecular weight excluding hydrogens is 339 g/mol. The zero-order valence-corrected chi connectivity index (χ0v) is 12.4. The van der Waals surface area contributed by atoms with Crippen molar-refractivity contribution in [2.45, 2.75) is 0 Å². The van der Waals surface area contributed by atoms with Gasteiger partial charge in [0.05, 0.1) is 5.56 Å². The highest BCUT2D eigenvalue weighted by molar-refractivity contribution is 9.10. The molecule has 1 amide bonds. The lowest BCUT2D eigenvalue weighted by atomic mass is 10.2. The molecule has 0 spiro atoms. The number of hydrogen-bond acceptors (Lipinski definition) is 3. The number of anilines is 1. The topological polar surface area (TPSA) is 62.1 Å². The summed E-state index contributed by atoms with van der Waals surface area (Å²) in [7, 11) is 0. The Hall–Kier alpha value is -2.39. The smallest absolute Gasteiger partial charge is 0.256 e. The van der Waals surface area contributed by atoms with Crippen LogP contribution in [0.1, 0.15) is 10.4 Å². The number of ether oxygens (including phenoxy) is 1. The normalized spacial score (nSPS) is 9.76. The molecule has 0 heterocycles. The van der Waals surface area contributed by atoms with Gasteiger partial charge in [-0.3, -0.25) is 4.79 Å². The number of carbonyl (C=O) groups is 1. The number of hydrogen-bond donors (Lipinski definition) is 1. The van der Waals surface area contributed by atoms with Crippen molar-refractivity contribution in [1.82, 2.24) is 0 Å². The number of nitrogens with one attached hydrogen (secondary N) is 1. The van der Waals surface area contributed by atoms with Crippen LogP contribution in [0.3, 0.4) is 0 Å². The summed E-state index contributed by atoms with van der Waals surface area (Å²) in [5.74, 6) is -0.234. The maximum atomic E-state index is 13.0. The van der Waals surface area contributed by atoms with Crippen LogP contribution in [0.4, 0.5) is 10.1 Å². The third-order valence-electron chi connectivity index (χ3n) is 2.59. The summed E-state index contributed by atoms with van der Waals surface area (Å²) in [6.45, 7) is -0.0335.